The molecule has 0 aromatic heterocycles. The third-order valence-electron chi connectivity index (χ3n) is 1.73. The van der Waals surface area contributed by atoms with Crippen LogP contribution in [0.5, 0.6) is 0 Å². The molecule has 0 rings (SSSR count). The molecule has 0 saturated carbocycles. The van der Waals surface area contributed by atoms with Crippen LogP contribution in [0.1, 0.15) is 20.3 Å². The number of amides is 1. The van der Waals surface area contributed by atoms with Crippen LogP contribution in [0.25, 0.3) is 0 Å². The first kappa shape index (κ1) is 9.94. The minimum absolute atomic E-state index is 0.0299. The van der Waals surface area contributed by atoms with Gasteiger partial charge in [-0.05, 0) is 5.92 Å². The zero-order valence-corrected chi connectivity index (χ0v) is 6.70. The fourth-order valence-electron chi connectivity index (χ4n) is 0.788. The number of carbonyl (C=O) groups is 2. The Morgan fingerprint density at radius 3 is 2.55 bits per heavy atom. The molecule has 1 unspecified atom stereocenters. The van der Waals surface area contributed by atoms with Crippen molar-refractivity contribution in [3.63, 3.8) is 0 Å². The molecule has 4 heteroatoms. The fraction of sp³-hybridized carbons (Fsp3) is 0.714. The Labute approximate surface area is 65.6 Å². The monoisotopic (exact) mass is 159 g/mol. The van der Waals surface area contributed by atoms with E-state index in [-0.39, 0.29) is 5.92 Å². The molecule has 11 heavy (non-hydrogen) atoms. The van der Waals surface area contributed by atoms with Gasteiger partial charge in [-0.1, -0.05) is 20.3 Å². The lowest BCUT2D eigenvalue weighted by Gasteiger charge is -2.16. The summed E-state index contributed by atoms with van der Waals surface area (Å²) in [5.41, 5.74) is 0. The van der Waals surface area contributed by atoms with Gasteiger partial charge in [0.25, 0.3) is 0 Å². The topological polar surface area (TPSA) is 66.4 Å². The van der Waals surface area contributed by atoms with Gasteiger partial charge in [-0.15, -0.1) is 0 Å². The van der Waals surface area contributed by atoms with E-state index in [1.165, 1.54) is 0 Å². The summed E-state index contributed by atoms with van der Waals surface area (Å²) in [6, 6.07) is -0.752. The number of hydrogen-bond donors (Lipinski definition) is 2. The average Bonchev–Trinajstić information content (AvgIpc) is 1.98. The third-order valence-corrected chi connectivity index (χ3v) is 1.73. The van der Waals surface area contributed by atoms with Gasteiger partial charge in [0.1, 0.15) is 6.04 Å². The van der Waals surface area contributed by atoms with E-state index in [9.17, 15) is 9.59 Å². The van der Waals surface area contributed by atoms with Crippen LogP contribution in [0, 0.1) is 5.92 Å². The molecule has 0 spiro atoms. The highest BCUT2D eigenvalue weighted by atomic mass is 16.4. The van der Waals surface area contributed by atoms with Crippen molar-refractivity contribution in [3.05, 3.63) is 0 Å². The summed E-state index contributed by atoms with van der Waals surface area (Å²) < 4.78 is 0. The van der Waals surface area contributed by atoms with E-state index in [1.54, 1.807) is 6.92 Å². The van der Waals surface area contributed by atoms with Gasteiger partial charge in [0.05, 0.1) is 0 Å². The summed E-state index contributed by atoms with van der Waals surface area (Å²) >= 11 is 0. The summed E-state index contributed by atoms with van der Waals surface area (Å²) in [6.07, 6.45) is 1.16. The van der Waals surface area contributed by atoms with Crippen LogP contribution in [0.4, 0.5) is 0 Å². The molecular formula is C7H13NO3. The van der Waals surface area contributed by atoms with Gasteiger partial charge < -0.3 is 10.4 Å². The van der Waals surface area contributed by atoms with Crippen LogP contribution >= 0.6 is 0 Å². The molecular weight excluding hydrogens is 146 g/mol. The van der Waals surface area contributed by atoms with Crippen molar-refractivity contribution in [2.75, 3.05) is 0 Å². The SMILES string of the molecule is CCC(C)[C@H](NC=O)C(=O)O. The Bertz CT molecular complexity index is 147. The quantitative estimate of drug-likeness (QED) is 0.564. The first-order chi connectivity index (χ1) is 5.13. The number of rotatable bonds is 5. The predicted octanol–water partition coefficient (Wildman–Crippen LogP) is 0.232. The van der Waals surface area contributed by atoms with Gasteiger partial charge >= 0.3 is 5.97 Å². The van der Waals surface area contributed by atoms with E-state index in [1.807, 2.05) is 6.92 Å². The highest BCUT2D eigenvalue weighted by molar-refractivity contribution is 5.76. The maximum atomic E-state index is 10.5. The van der Waals surface area contributed by atoms with Crippen LogP contribution in [0.2, 0.25) is 0 Å². The molecule has 0 fully saturated rings. The lowest BCUT2D eigenvalue weighted by Crippen LogP contribution is -2.40. The van der Waals surface area contributed by atoms with Crippen molar-refractivity contribution in [1.29, 1.82) is 0 Å². The van der Waals surface area contributed by atoms with Gasteiger partial charge in [-0.2, -0.15) is 0 Å². The molecule has 0 saturated heterocycles. The zero-order valence-electron chi connectivity index (χ0n) is 6.70. The first-order valence-electron chi connectivity index (χ1n) is 3.56. The Hall–Kier alpha value is -1.06. The average molecular weight is 159 g/mol. The fourth-order valence-corrected chi connectivity index (χ4v) is 0.788. The summed E-state index contributed by atoms with van der Waals surface area (Å²) in [6.45, 7) is 3.67. The molecule has 0 aliphatic rings. The number of carboxylic acids is 1. The van der Waals surface area contributed by atoms with E-state index in [4.69, 9.17) is 5.11 Å². The minimum Gasteiger partial charge on any atom is -0.480 e. The van der Waals surface area contributed by atoms with Gasteiger partial charge in [0, 0.05) is 0 Å². The van der Waals surface area contributed by atoms with E-state index in [2.05, 4.69) is 5.32 Å². The molecule has 1 amide bonds. The third kappa shape index (κ3) is 3.02. The maximum Gasteiger partial charge on any atom is 0.326 e. The summed E-state index contributed by atoms with van der Waals surface area (Å²) in [5, 5.41) is 10.8. The summed E-state index contributed by atoms with van der Waals surface area (Å²) in [5.74, 6) is -1.01. The molecule has 0 aromatic carbocycles. The van der Waals surface area contributed by atoms with Crippen LogP contribution in [0.3, 0.4) is 0 Å². The second-order valence-corrected chi connectivity index (χ2v) is 2.49. The summed E-state index contributed by atoms with van der Waals surface area (Å²) in [7, 11) is 0. The molecule has 0 aliphatic heterocycles. The molecule has 0 radical (unpaired) electrons. The van der Waals surface area contributed by atoms with Crippen molar-refractivity contribution in [2.24, 2.45) is 5.92 Å². The molecule has 2 N–H and O–H groups in total. The van der Waals surface area contributed by atoms with E-state index in [0.717, 1.165) is 6.42 Å². The Morgan fingerprint density at radius 1 is 1.73 bits per heavy atom. The van der Waals surface area contributed by atoms with Crippen molar-refractivity contribution in [2.45, 2.75) is 26.3 Å². The summed E-state index contributed by atoms with van der Waals surface area (Å²) in [4.78, 5) is 20.4. The van der Waals surface area contributed by atoms with Gasteiger partial charge in [-0.25, -0.2) is 4.79 Å². The number of carboxylic acid groups (broad SMARTS) is 1. The van der Waals surface area contributed by atoms with Gasteiger partial charge in [-0.3, -0.25) is 4.79 Å². The van der Waals surface area contributed by atoms with Crippen molar-refractivity contribution in [3.8, 4) is 0 Å². The van der Waals surface area contributed by atoms with Crippen molar-refractivity contribution >= 4 is 12.4 Å². The largest absolute Gasteiger partial charge is 0.480 e. The number of carbonyl (C=O) groups excluding carboxylic acids is 1. The second-order valence-electron chi connectivity index (χ2n) is 2.49. The normalized spacial score (nSPS) is 15.1. The van der Waals surface area contributed by atoms with E-state index < -0.39 is 12.0 Å². The maximum absolute atomic E-state index is 10.5. The highest BCUT2D eigenvalue weighted by Crippen LogP contribution is 2.06. The Kier molecular flexibility index (Phi) is 4.26. The van der Waals surface area contributed by atoms with Crippen LogP contribution in [-0.2, 0) is 9.59 Å². The molecule has 0 bridgehead atoms. The lowest BCUT2D eigenvalue weighted by atomic mass is 10.00. The number of nitrogens with one attached hydrogen (secondary N) is 1. The predicted molar refractivity (Wildman–Crippen MR) is 40.1 cm³/mol. The van der Waals surface area contributed by atoms with Crippen molar-refractivity contribution < 1.29 is 14.7 Å². The lowest BCUT2D eigenvalue weighted by molar-refractivity contribution is -0.142. The van der Waals surface area contributed by atoms with E-state index in [0.29, 0.717) is 6.41 Å². The minimum atomic E-state index is -0.980. The van der Waals surface area contributed by atoms with Crippen LogP contribution in [0.15, 0.2) is 0 Å². The molecule has 4 nitrogen and oxygen atoms in total. The van der Waals surface area contributed by atoms with E-state index >= 15 is 0 Å². The molecule has 0 aromatic rings. The standard InChI is InChI=1S/C7H13NO3/c1-3-5(2)6(7(10)11)8-4-9/h4-6H,3H2,1-2H3,(H,8,9)(H,10,11)/t5?,6-/m0/s1. The number of hydrogen-bond acceptors (Lipinski definition) is 2. The van der Waals surface area contributed by atoms with Gasteiger partial charge in [0.15, 0.2) is 0 Å². The Morgan fingerprint density at radius 2 is 2.27 bits per heavy atom. The van der Waals surface area contributed by atoms with Crippen LogP contribution in [-0.4, -0.2) is 23.5 Å². The molecule has 0 heterocycles. The smallest absolute Gasteiger partial charge is 0.326 e. The molecule has 0 aliphatic carbocycles. The molecule has 2 atom stereocenters. The molecule has 64 valence electrons. The highest BCUT2D eigenvalue weighted by Gasteiger charge is 2.21. The van der Waals surface area contributed by atoms with Gasteiger partial charge in [0.2, 0.25) is 6.41 Å². The Balaban J connectivity index is 4.08. The first-order valence-corrected chi connectivity index (χ1v) is 3.56. The van der Waals surface area contributed by atoms with Crippen LogP contribution < -0.4 is 5.32 Å². The second kappa shape index (κ2) is 4.71. The zero-order chi connectivity index (χ0) is 8.85. The van der Waals surface area contributed by atoms with Crippen molar-refractivity contribution in [1.82, 2.24) is 5.32 Å². The number of aliphatic carboxylic acids is 1.